The van der Waals surface area contributed by atoms with Gasteiger partial charge in [-0.25, -0.2) is 4.79 Å². The first kappa shape index (κ1) is 15.5. The highest BCUT2D eigenvalue weighted by atomic mass is 35.5. The average molecular weight is 304 g/mol. The number of carbonyl (C=O) groups is 2. The maximum atomic E-state index is 11.4. The van der Waals surface area contributed by atoms with E-state index in [-0.39, 0.29) is 0 Å². The molecule has 0 aliphatic heterocycles. The number of benzene rings is 1. The summed E-state index contributed by atoms with van der Waals surface area (Å²) in [6, 6.07) is 3.42. The topological polar surface area (TPSA) is 86.6 Å². The van der Waals surface area contributed by atoms with Crippen molar-refractivity contribution in [3.8, 4) is 0 Å². The summed E-state index contributed by atoms with van der Waals surface area (Å²) in [5, 5.41) is 20.4. The quantitative estimate of drug-likeness (QED) is 0.721. The largest absolute Gasteiger partial charge is 0.480 e. The number of hydrogen-bond acceptors (Lipinski definition) is 3. The number of hydrogen-bond donors (Lipinski definition) is 3. The molecule has 0 fully saturated rings. The molecule has 1 rings (SSSR count). The van der Waals surface area contributed by atoms with E-state index in [0.717, 1.165) is 6.08 Å². The maximum Gasteiger partial charge on any atom is 0.328 e. The van der Waals surface area contributed by atoms with Gasteiger partial charge in [0.2, 0.25) is 5.91 Å². The van der Waals surface area contributed by atoms with Crippen LogP contribution in [0.5, 0.6) is 0 Å². The molecule has 5 nitrogen and oxygen atoms in total. The van der Waals surface area contributed by atoms with Crippen LogP contribution in [-0.2, 0) is 9.59 Å². The Balaban J connectivity index is 2.70. The molecule has 1 aromatic carbocycles. The summed E-state index contributed by atoms with van der Waals surface area (Å²) >= 11 is 11.6. The fourth-order valence-electron chi connectivity index (χ4n) is 1.21. The van der Waals surface area contributed by atoms with Crippen molar-refractivity contribution < 1.29 is 19.8 Å². The van der Waals surface area contributed by atoms with Crippen molar-refractivity contribution in [2.45, 2.75) is 6.04 Å². The van der Waals surface area contributed by atoms with Crippen LogP contribution in [-0.4, -0.2) is 34.7 Å². The van der Waals surface area contributed by atoms with Crippen molar-refractivity contribution in [1.29, 1.82) is 0 Å². The number of carbonyl (C=O) groups excluding carboxylic acids is 1. The first-order valence-electron chi connectivity index (χ1n) is 5.21. The summed E-state index contributed by atoms with van der Waals surface area (Å²) in [5.41, 5.74) is 0.567. The van der Waals surface area contributed by atoms with Crippen molar-refractivity contribution in [3.63, 3.8) is 0 Å². The normalized spacial score (nSPS) is 12.4. The lowest BCUT2D eigenvalue weighted by Gasteiger charge is -2.09. The molecule has 1 amide bonds. The molecule has 0 saturated heterocycles. The van der Waals surface area contributed by atoms with Crippen LogP contribution >= 0.6 is 23.2 Å². The third kappa shape index (κ3) is 4.90. The van der Waals surface area contributed by atoms with Crippen molar-refractivity contribution in [2.75, 3.05) is 6.61 Å². The summed E-state index contributed by atoms with van der Waals surface area (Å²) in [7, 11) is 0. The molecule has 0 unspecified atom stereocenters. The molecule has 1 atom stereocenters. The van der Waals surface area contributed by atoms with Crippen LogP contribution in [0.4, 0.5) is 0 Å². The predicted molar refractivity (Wildman–Crippen MR) is 72.1 cm³/mol. The minimum atomic E-state index is -1.34. The number of aliphatic carboxylic acids is 1. The monoisotopic (exact) mass is 303 g/mol. The Bertz CT molecular complexity index is 516. The van der Waals surface area contributed by atoms with Crippen LogP contribution in [0.1, 0.15) is 5.56 Å². The van der Waals surface area contributed by atoms with Gasteiger partial charge in [-0.2, -0.15) is 0 Å². The standard InChI is InChI=1S/C12H11Cl2NO4/c13-8-3-1-7(9(14)5-8)2-4-11(17)15-10(6-16)12(18)19/h1-5,10,16H,6H2,(H,15,17)(H,18,19)/b4-2+/t10-/m0/s1. The fraction of sp³-hybridized carbons (Fsp3) is 0.167. The number of halogens is 2. The van der Waals surface area contributed by atoms with Crippen LogP contribution in [0.15, 0.2) is 24.3 Å². The first-order chi connectivity index (χ1) is 8.93. The van der Waals surface area contributed by atoms with Gasteiger partial charge in [0.25, 0.3) is 0 Å². The van der Waals surface area contributed by atoms with Crippen LogP contribution in [0.25, 0.3) is 6.08 Å². The lowest BCUT2D eigenvalue weighted by molar-refractivity contribution is -0.142. The second kappa shape index (κ2) is 7.13. The molecule has 3 N–H and O–H groups in total. The Hall–Kier alpha value is -1.56. The number of amides is 1. The third-order valence-corrected chi connectivity index (χ3v) is 2.74. The van der Waals surface area contributed by atoms with E-state index in [2.05, 4.69) is 5.32 Å². The van der Waals surface area contributed by atoms with Crippen molar-refractivity contribution in [1.82, 2.24) is 5.32 Å². The Kier molecular flexibility index (Phi) is 5.82. The highest BCUT2D eigenvalue weighted by molar-refractivity contribution is 6.35. The molecule has 0 bridgehead atoms. The zero-order valence-electron chi connectivity index (χ0n) is 9.64. The van der Waals surface area contributed by atoms with Gasteiger partial charge in [0, 0.05) is 16.1 Å². The molecular weight excluding hydrogens is 293 g/mol. The van der Waals surface area contributed by atoms with Crippen LogP contribution in [0, 0.1) is 0 Å². The van der Waals surface area contributed by atoms with Gasteiger partial charge < -0.3 is 15.5 Å². The zero-order chi connectivity index (χ0) is 14.4. The number of nitrogens with one attached hydrogen (secondary N) is 1. The van der Waals surface area contributed by atoms with Gasteiger partial charge in [0.05, 0.1) is 6.61 Å². The number of aliphatic hydroxyl groups is 1. The SMILES string of the molecule is O=C(/C=C/c1ccc(Cl)cc1Cl)N[C@@H](CO)C(=O)O. The van der Waals surface area contributed by atoms with Gasteiger partial charge in [-0.1, -0.05) is 29.3 Å². The first-order valence-corrected chi connectivity index (χ1v) is 5.97. The molecule has 0 aliphatic carbocycles. The molecule has 1 aromatic rings. The van der Waals surface area contributed by atoms with E-state index in [4.69, 9.17) is 33.4 Å². The number of rotatable bonds is 5. The van der Waals surface area contributed by atoms with E-state index in [9.17, 15) is 9.59 Å². The summed E-state index contributed by atoms with van der Waals surface area (Å²) in [5.74, 6) is -1.96. The van der Waals surface area contributed by atoms with Gasteiger partial charge in [0.1, 0.15) is 0 Å². The van der Waals surface area contributed by atoms with Gasteiger partial charge >= 0.3 is 5.97 Å². The smallest absolute Gasteiger partial charge is 0.328 e. The molecule has 19 heavy (non-hydrogen) atoms. The number of carboxylic acids is 1. The Labute approximate surface area is 119 Å². The van der Waals surface area contributed by atoms with Gasteiger partial charge in [0.15, 0.2) is 6.04 Å². The Morgan fingerprint density at radius 1 is 1.37 bits per heavy atom. The highest BCUT2D eigenvalue weighted by Gasteiger charge is 2.17. The molecule has 0 radical (unpaired) electrons. The Morgan fingerprint density at radius 2 is 2.05 bits per heavy atom. The zero-order valence-corrected chi connectivity index (χ0v) is 11.1. The van der Waals surface area contributed by atoms with E-state index in [1.165, 1.54) is 12.1 Å². The molecule has 0 aliphatic rings. The lowest BCUT2D eigenvalue weighted by atomic mass is 10.2. The third-order valence-electron chi connectivity index (χ3n) is 2.17. The van der Waals surface area contributed by atoms with Gasteiger partial charge in [-0.05, 0) is 23.8 Å². The summed E-state index contributed by atoms with van der Waals surface area (Å²) in [6.45, 7) is -0.684. The highest BCUT2D eigenvalue weighted by Crippen LogP contribution is 2.21. The van der Waals surface area contributed by atoms with Gasteiger partial charge in [-0.15, -0.1) is 0 Å². The van der Waals surface area contributed by atoms with E-state index >= 15 is 0 Å². The van der Waals surface area contributed by atoms with E-state index in [1.54, 1.807) is 12.1 Å². The average Bonchev–Trinajstić information content (AvgIpc) is 2.34. The molecule has 102 valence electrons. The summed E-state index contributed by atoms with van der Waals surface area (Å²) < 4.78 is 0. The van der Waals surface area contributed by atoms with Crippen molar-refractivity contribution in [2.24, 2.45) is 0 Å². The fourth-order valence-corrected chi connectivity index (χ4v) is 1.68. The van der Waals surface area contributed by atoms with Gasteiger partial charge in [-0.3, -0.25) is 4.79 Å². The summed E-state index contributed by atoms with van der Waals surface area (Å²) in [4.78, 5) is 22.0. The van der Waals surface area contributed by atoms with Crippen LogP contribution in [0.3, 0.4) is 0 Å². The number of aliphatic hydroxyl groups excluding tert-OH is 1. The molecule has 0 spiro atoms. The minimum Gasteiger partial charge on any atom is -0.480 e. The van der Waals surface area contributed by atoms with E-state index in [0.29, 0.717) is 15.6 Å². The van der Waals surface area contributed by atoms with Crippen LogP contribution < -0.4 is 5.32 Å². The lowest BCUT2D eigenvalue weighted by Crippen LogP contribution is -2.42. The molecule has 0 saturated carbocycles. The molecule has 0 heterocycles. The minimum absolute atomic E-state index is 0.369. The Morgan fingerprint density at radius 3 is 2.58 bits per heavy atom. The van der Waals surface area contributed by atoms with E-state index < -0.39 is 24.5 Å². The second-order valence-electron chi connectivity index (χ2n) is 3.58. The molecular formula is C12H11Cl2NO4. The van der Waals surface area contributed by atoms with Crippen molar-refractivity contribution in [3.05, 3.63) is 39.9 Å². The second-order valence-corrected chi connectivity index (χ2v) is 4.42. The van der Waals surface area contributed by atoms with Crippen molar-refractivity contribution >= 4 is 41.2 Å². The van der Waals surface area contributed by atoms with Crippen LogP contribution in [0.2, 0.25) is 10.0 Å². The number of carboxylic acid groups (broad SMARTS) is 1. The van der Waals surface area contributed by atoms with E-state index in [1.807, 2.05) is 0 Å². The molecule has 7 heteroatoms. The predicted octanol–water partition coefficient (Wildman–Crippen LogP) is 1.57. The molecule has 0 aromatic heterocycles. The maximum absolute atomic E-state index is 11.4. The summed E-state index contributed by atoms with van der Waals surface area (Å²) in [6.07, 6.45) is 2.55.